The van der Waals surface area contributed by atoms with Crippen LogP contribution >= 0.6 is 11.6 Å². The second kappa shape index (κ2) is 9.37. The topological polar surface area (TPSA) is 82.8 Å². The molecule has 0 aliphatic heterocycles. The third-order valence-corrected chi connectivity index (χ3v) is 6.11. The van der Waals surface area contributed by atoms with Gasteiger partial charge in [-0.15, -0.1) is 0 Å². The van der Waals surface area contributed by atoms with E-state index in [4.69, 9.17) is 25.5 Å². The number of fused-ring (bicyclic) bond motifs is 1. The van der Waals surface area contributed by atoms with Crippen LogP contribution in [0.2, 0.25) is 5.02 Å². The Labute approximate surface area is 202 Å². The first kappa shape index (κ1) is 24.8. The SMILES string of the molecule is CCOC(=O)C(=O)CC1(COc2cc(C(F)(F)F)ccc2-c2cc(=O)c3cccc(Cl)c3o2)CC1. The maximum absolute atomic E-state index is 13.4. The van der Waals surface area contributed by atoms with Gasteiger partial charge in [0.25, 0.3) is 0 Å². The summed E-state index contributed by atoms with van der Waals surface area (Å²) in [5, 5.41) is 0.398. The van der Waals surface area contributed by atoms with Crippen LogP contribution in [-0.4, -0.2) is 25.0 Å². The Kier molecular flexibility index (Phi) is 6.64. The molecule has 35 heavy (non-hydrogen) atoms. The third kappa shape index (κ3) is 5.35. The number of alkyl halides is 3. The lowest BCUT2D eigenvalue weighted by atomic mass is 10.0. The van der Waals surface area contributed by atoms with Crippen molar-refractivity contribution in [2.75, 3.05) is 13.2 Å². The molecule has 6 nitrogen and oxygen atoms in total. The maximum Gasteiger partial charge on any atom is 0.416 e. The Balaban J connectivity index is 1.68. The molecule has 0 bridgehead atoms. The normalized spacial score (nSPS) is 14.5. The van der Waals surface area contributed by atoms with E-state index in [0.29, 0.717) is 12.8 Å². The van der Waals surface area contributed by atoms with E-state index in [9.17, 15) is 27.6 Å². The molecule has 0 N–H and O–H groups in total. The van der Waals surface area contributed by atoms with Crippen LogP contribution in [0.15, 0.2) is 51.7 Å². The number of Topliss-reactive ketones (excluding diaryl/α,β-unsaturated/α-hetero) is 1. The third-order valence-electron chi connectivity index (χ3n) is 5.81. The molecular weight excluding hydrogens is 489 g/mol. The van der Waals surface area contributed by atoms with Gasteiger partial charge in [0, 0.05) is 17.9 Å². The molecule has 1 saturated carbocycles. The number of esters is 1. The average Bonchev–Trinajstić information content (AvgIpc) is 3.57. The zero-order chi connectivity index (χ0) is 25.4. The lowest BCUT2D eigenvalue weighted by Gasteiger charge is -2.18. The van der Waals surface area contributed by atoms with Crippen molar-refractivity contribution >= 4 is 34.3 Å². The average molecular weight is 509 g/mol. The minimum atomic E-state index is -4.64. The molecule has 0 atom stereocenters. The van der Waals surface area contributed by atoms with Gasteiger partial charge in [-0.3, -0.25) is 9.59 Å². The summed E-state index contributed by atoms with van der Waals surface area (Å²) in [5.41, 5.74) is -1.84. The van der Waals surface area contributed by atoms with Crippen LogP contribution in [0.1, 0.15) is 31.7 Å². The Hall–Kier alpha value is -3.33. The van der Waals surface area contributed by atoms with Crippen LogP contribution in [0.25, 0.3) is 22.3 Å². The molecular formula is C25H20ClF3O6. The van der Waals surface area contributed by atoms with Crippen LogP contribution in [0.4, 0.5) is 13.2 Å². The molecule has 0 spiro atoms. The Morgan fingerprint density at radius 2 is 1.89 bits per heavy atom. The maximum atomic E-state index is 13.4. The molecule has 0 saturated heterocycles. The molecule has 10 heteroatoms. The molecule has 1 aliphatic carbocycles. The minimum absolute atomic E-state index is 0.0215. The van der Waals surface area contributed by atoms with E-state index in [1.807, 2.05) is 0 Å². The van der Waals surface area contributed by atoms with E-state index in [1.165, 1.54) is 12.1 Å². The van der Waals surface area contributed by atoms with Crippen molar-refractivity contribution in [2.45, 2.75) is 32.4 Å². The molecule has 1 fully saturated rings. The zero-order valence-electron chi connectivity index (χ0n) is 18.5. The highest BCUT2D eigenvalue weighted by atomic mass is 35.5. The molecule has 3 aromatic rings. The van der Waals surface area contributed by atoms with Crippen LogP contribution in [-0.2, 0) is 20.5 Å². The Bertz CT molecular complexity index is 1360. The lowest BCUT2D eigenvalue weighted by molar-refractivity contribution is -0.154. The van der Waals surface area contributed by atoms with Crippen molar-refractivity contribution < 1.29 is 36.7 Å². The van der Waals surface area contributed by atoms with Gasteiger partial charge in [-0.05, 0) is 50.1 Å². The lowest BCUT2D eigenvalue weighted by Crippen LogP contribution is -2.24. The van der Waals surface area contributed by atoms with Gasteiger partial charge in [-0.1, -0.05) is 17.7 Å². The number of ketones is 1. The van der Waals surface area contributed by atoms with Gasteiger partial charge in [0.2, 0.25) is 5.78 Å². The highest BCUT2D eigenvalue weighted by Crippen LogP contribution is 2.50. The van der Waals surface area contributed by atoms with Crippen LogP contribution in [0, 0.1) is 5.41 Å². The number of para-hydroxylation sites is 1. The van der Waals surface area contributed by atoms with Crippen molar-refractivity contribution in [3.8, 4) is 17.1 Å². The molecule has 0 radical (unpaired) electrons. The van der Waals surface area contributed by atoms with Crippen LogP contribution < -0.4 is 10.2 Å². The molecule has 1 aromatic heterocycles. The number of ether oxygens (including phenoxy) is 2. The quantitative estimate of drug-likeness (QED) is 0.282. The fourth-order valence-corrected chi connectivity index (χ4v) is 3.91. The first-order valence-corrected chi connectivity index (χ1v) is 11.2. The van der Waals surface area contributed by atoms with Crippen molar-refractivity contribution in [2.24, 2.45) is 5.41 Å². The number of hydrogen-bond acceptors (Lipinski definition) is 6. The highest BCUT2D eigenvalue weighted by molar-refractivity contribution is 6.34. The summed E-state index contributed by atoms with van der Waals surface area (Å²) in [4.78, 5) is 36.4. The van der Waals surface area contributed by atoms with Gasteiger partial charge in [0.05, 0.1) is 34.7 Å². The summed E-state index contributed by atoms with van der Waals surface area (Å²) in [7, 11) is 0. The number of halogens is 4. The Morgan fingerprint density at radius 1 is 1.14 bits per heavy atom. The standard InChI is InChI=1S/C25H20ClF3O6/c1-2-33-23(32)19(31)12-24(8-9-24)13-34-20-10-14(25(27,28)29)6-7-16(20)21-11-18(30)15-4-3-5-17(26)22(15)35-21/h3-7,10-11H,2,8-9,12-13H2,1H3. The van der Waals surface area contributed by atoms with E-state index in [-0.39, 0.29) is 52.7 Å². The molecule has 1 heterocycles. The van der Waals surface area contributed by atoms with E-state index < -0.39 is 34.3 Å². The molecule has 2 aromatic carbocycles. The predicted molar refractivity (Wildman–Crippen MR) is 121 cm³/mol. The van der Waals surface area contributed by atoms with E-state index >= 15 is 0 Å². The number of carbonyl (C=O) groups is 2. The van der Waals surface area contributed by atoms with Crippen molar-refractivity contribution in [3.63, 3.8) is 0 Å². The molecule has 0 unspecified atom stereocenters. The van der Waals surface area contributed by atoms with Gasteiger partial charge >= 0.3 is 12.1 Å². The predicted octanol–water partition coefficient (Wildman–Crippen LogP) is 5.81. The van der Waals surface area contributed by atoms with Crippen LogP contribution in [0.5, 0.6) is 5.75 Å². The number of carbonyl (C=O) groups excluding carboxylic acids is 2. The summed E-state index contributed by atoms with van der Waals surface area (Å²) in [6.45, 7) is 1.53. The zero-order valence-corrected chi connectivity index (χ0v) is 19.3. The first-order chi connectivity index (χ1) is 16.5. The fourth-order valence-electron chi connectivity index (χ4n) is 3.70. The van der Waals surface area contributed by atoms with E-state index in [0.717, 1.165) is 24.3 Å². The first-order valence-electron chi connectivity index (χ1n) is 10.8. The monoisotopic (exact) mass is 508 g/mol. The second-order valence-corrected chi connectivity index (χ2v) is 8.82. The summed E-state index contributed by atoms with van der Waals surface area (Å²) in [6.07, 6.45) is -3.65. The summed E-state index contributed by atoms with van der Waals surface area (Å²) in [6, 6.07) is 8.62. The molecule has 1 aliphatic rings. The van der Waals surface area contributed by atoms with E-state index in [1.54, 1.807) is 13.0 Å². The molecule has 0 amide bonds. The van der Waals surface area contributed by atoms with E-state index in [2.05, 4.69) is 0 Å². The number of hydrogen-bond donors (Lipinski definition) is 0. The highest BCUT2D eigenvalue weighted by Gasteiger charge is 2.46. The van der Waals surface area contributed by atoms with Crippen molar-refractivity contribution in [3.05, 3.63) is 63.3 Å². The van der Waals surface area contributed by atoms with Gasteiger partial charge in [0.1, 0.15) is 11.5 Å². The number of rotatable bonds is 8. The largest absolute Gasteiger partial charge is 0.492 e. The Morgan fingerprint density at radius 3 is 2.54 bits per heavy atom. The minimum Gasteiger partial charge on any atom is -0.492 e. The van der Waals surface area contributed by atoms with Crippen LogP contribution in [0.3, 0.4) is 0 Å². The van der Waals surface area contributed by atoms with Crippen molar-refractivity contribution in [1.29, 1.82) is 0 Å². The van der Waals surface area contributed by atoms with Gasteiger partial charge in [-0.25, -0.2) is 4.79 Å². The summed E-state index contributed by atoms with van der Waals surface area (Å²) < 4.78 is 56.5. The van der Waals surface area contributed by atoms with Gasteiger partial charge < -0.3 is 13.9 Å². The number of benzene rings is 2. The smallest absolute Gasteiger partial charge is 0.416 e. The van der Waals surface area contributed by atoms with Crippen molar-refractivity contribution in [1.82, 2.24) is 0 Å². The molecule has 4 rings (SSSR count). The fraction of sp³-hybridized carbons (Fsp3) is 0.320. The molecule has 184 valence electrons. The van der Waals surface area contributed by atoms with Gasteiger partial charge in [0.15, 0.2) is 11.0 Å². The van der Waals surface area contributed by atoms with Gasteiger partial charge in [-0.2, -0.15) is 13.2 Å². The summed E-state index contributed by atoms with van der Waals surface area (Å²) in [5.74, 6) is -1.86. The summed E-state index contributed by atoms with van der Waals surface area (Å²) >= 11 is 6.16. The second-order valence-electron chi connectivity index (χ2n) is 8.41.